The molecule has 0 amide bonds. The number of hydrogen-bond donors (Lipinski definition) is 1. The fourth-order valence-corrected chi connectivity index (χ4v) is 1.92. The Morgan fingerprint density at radius 3 is 2.56 bits per heavy atom. The van der Waals surface area contributed by atoms with Gasteiger partial charge in [0, 0.05) is 0 Å². The van der Waals surface area contributed by atoms with Crippen molar-refractivity contribution >= 4 is 0 Å². The highest BCUT2D eigenvalue weighted by Gasteiger charge is 2.06. The maximum Gasteiger partial charge on any atom is 0.119 e. The molecule has 0 aromatic heterocycles. The Morgan fingerprint density at radius 1 is 1.22 bits per heavy atom. The van der Waals surface area contributed by atoms with Crippen LogP contribution in [0.4, 0.5) is 0 Å². The molecule has 1 unspecified atom stereocenters. The first-order valence-electron chi connectivity index (χ1n) is 6.79. The zero-order valence-electron chi connectivity index (χ0n) is 11.3. The minimum absolute atomic E-state index is 0.357. The number of aliphatic hydroxyl groups is 1. The van der Waals surface area contributed by atoms with Gasteiger partial charge in [0.15, 0.2) is 0 Å². The summed E-state index contributed by atoms with van der Waals surface area (Å²) >= 11 is 0. The lowest BCUT2D eigenvalue weighted by Gasteiger charge is -2.11. The van der Waals surface area contributed by atoms with E-state index in [1.807, 2.05) is 37.3 Å². The highest BCUT2D eigenvalue weighted by molar-refractivity contribution is 5.28. The average molecular weight is 248 g/mol. The lowest BCUT2D eigenvalue weighted by Crippen LogP contribution is -1.98. The Hall–Kier alpha value is -1.28. The third-order valence-electron chi connectivity index (χ3n) is 2.96. The summed E-state index contributed by atoms with van der Waals surface area (Å²) in [7, 11) is 0. The molecule has 0 heterocycles. The Morgan fingerprint density at radius 2 is 1.94 bits per heavy atom. The van der Waals surface area contributed by atoms with Gasteiger partial charge in [-0.25, -0.2) is 0 Å². The van der Waals surface area contributed by atoms with Crippen LogP contribution in [0.3, 0.4) is 0 Å². The molecule has 1 rings (SSSR count). The van der Waals surface area contributed by atoms with E-state index in [4.69, 9.17) is 4.74 Å². The third-order valence-corrected chi connectivity index (χ3v) is 2.96. The minimum atomic E-state index is -0.357. The molecule has 0 aliphatic carbocycles. The third kappa shape index (κ3) is 5.37. The highest BCUT2D eigenvalue weighted by atomic mass is 16.5. The molecule has 1 N–H and O–H groups in total. The molecule has 18 heavy (non-hydrogen) atoms. The van der Waals surface area contributed by atoms with Crippen molar-refractivity contribution in [1.29, 1.82) is 0 Å². The molecule has 0 saturated heterocycles. The van der Waals surface area contributed by atoms with Gasteiger partial charge in [-0.15, -0.1) is 6.58 Å². The van der Waals surface area contributed by atoms with Crippen molar-refractivity contribution in [2.24, 2.45) is 0 Å². The molecule has 0 radical (unpaired) electrons. The number of aliphatic hydroxyl groups excluding tert-OH is 1. The first-order valence-corrected chi connectivity index (χ1v) is 6.79. The molecule has 0 bridgehead atoms. The lowest BCUT2D eigenvalue weighted by atomic mass is 10.0. The monoisotopic (exact) mass is 248 g/mol. The van der Waals surface area contributed by atoms with Gasteiger partial charge in [0.2, 0.25) is 0 Å². The molecule has 1 atom stereocenters. The summed E-state index contributed by atoms with van der Waals surface area (Å²) in [6, 6.07) is 7.72. The van der Waals surface area contributed by atoms with E-state index < -0.39 is 0 Å². The van der Waals surface area contributed by atoms with E-state index in [0.29, 0.717) is 6.61 Å². The van der Waals surface area contributed by atoms with Crippen LogP contribution in [0.1, 0.15) is 50.7 Å². The summed E-state index contributed by atoms with van der Waals surface area (Å²) in [5, 5.41) is 10.0. The highest BCUT2D eigenvalue weighted by Crippen LogP contribution is 2.22. The van der Waals surface area contributed by atoms with E-state index in [2.05, 4.69) is 6.58 Å². The van der Waals surface area contributed by atoms with Gasteiger partial charge in [-0.1, -0.05) is 31.1 Å². The van der Waals surface area contributed by atoms with Crippen LogP contribution in [0.25, 0.3) is 0 Å². The van der Waals surface area contributed by atoms with Gasteiger partial charge in [-0.05, 0) is 43.9 Å². The Balaban J connectivity index is 2.32. The van der Waals surface area contributed by atoms with Crippen molar-refractivity contribution in [3.63, 3.8) is 0 Å². The summed E-state index contributed by atoms with van der Waals surface area (Å²) in [5.41, 5.74) is 0.974. The molecule has 0 fully saturated rings. The van der Waals surface area contributed by atoms with Crippen LogP contribution in [0.2, 0.25) is 0 Å². The molecule has 0 saturated carbocycles. The molecule has 1 aromatic rings. The van der Waals surface area contributed by atoms with Crippen LogP contribution in [-0.2, 0) is 0 Å². The SMILES string of the molecule is C=CCCCCCC(O)c1ccc(OCC)cc1. The van der Waals surface area contributed by atoms with E-state index >= 15 is 0 Å². The number of allylic oxidation sites excluding steroid dienone is 1. The van der Waals surface area contributed by atoms with Gasteiger partial charge >= 0.3 is 0 Å². The summed E-state index contributed by atoms with van der Waals surface area (Å²) in [5.74, 6) is 0.861. The molecule has 0 aliphatic rings. The summed E-state index contributed by atoms with van der Waals surface area (Å²) < 4.78 is 5.37. The average Bonchev–Trinajstić information content (AvgIpc) is 2.39. The van der Waals surface area contributed by atoms with Crippen molar-refractivity contribution in [3.8, 4) is 5.75 Å². The van der Waals surface area contributed by atoms with Crippen molar-refractivity contribution in [2.45, 2.75) is 45.1 Å². The summed E-state index contributed by atoms with van der Waals surface area (Å²) in [6.45, 7) is 6.34. The van der Waals surface area contributed by atoms with Gasteiger partial charge in [0.05, 0.1) is 12.7 Å². The second kappa shape index (κ2) is 8.76. The van der Waals surface area contributed by atoms with Crippen LogP contribution in [0, 0.1) is 0 Å². The minimum Gasteiger partial charge on any atom is -0.494 e. The van der Waals surface area contributed by atoms with Crippen molar-refractivity contribution in [1.82, 2.24) is 0 Å². The van der Waals surface area contributed by atoms with Gasteiger partial charge < -0.3 is 9.84 Å². The summed E-state index contributed by atoms with van der Waals surface area (Å²) in [4.78, 5) is 0. The van der Waals surface area contributed by atoms with E-state index in [-0.39, 0.29) is 6.10 Å². The predicted octanol–water partition coefficient (Wildman–Crippen LogP) is 4.26. The molecule has 0 spiro atoms. The molecule has 2 nitrogen and oxygen atoms in total. The molecular formula is C16H24O2. The second-order valence-electron chi connectivity index (χ2n) is 4.44. The fourth-order valence-electron chi connectivity index (χ4n) is 1.92. The number of ether oxygens (including phenoxy) is 1. The number of hydrogen-bond acceptors (Lipinski definition) is 2. The molecule has 0 aliphatic heterocycles. The lowest BCUT2D eigenvalue weighted by molar-refractivity contribution is 0.163. The summed E-state index contributed by atoms with van der Waals surface area (Å²) in [6.07, 6.45) is 6.86. The van der Waals surface area contributed by atoms with Gasteiger partial charge in [0.1, 0.15) is 5.75 Å². The van der Waals surface area contributed by atoms with Crippen molar-refractivity contribution in [2.75, 3.05) is 6.61 Å². The number of unbranched alkanes of at least 4 members (excludes halogenated alkanes) is 3. The van der Waals surface area contributed by atoms with E-state index in [9.17, 15) is 5.11 Å². The van der Waals surface area contributed by atoms with Crippen LogP contribution >= 0.6 is 0 Å². The Labute approximate surface area is 110 Å². The predicted molar refractivity (Wildman–Crippen MR) is 75.9 cm³/mol. The zero-order chi connectivity index (χ0) is 13.2. The smallest absolute Gasteiger partial charge is 0.119 e. The molecule has 1 aromatic carbocycles. The maximum absolute atomic E-state index is 10.0. The Bertz CT molecular complexity index is 329. The van der Waals surface area contributed by atoms with Crippen LogP contribution in [0.5, 0.6) is 5.75 Å². The maximum atomic E-state index is 10.0. The molecular weight excluding hydrogens is 224 g/mol. The van der Waals surface area contributed by atoms with E-state index in [0.717, 1.165) is 37.0 Å². The first-order chi connectivity index (χ1) is 8.77. The van der Waals surface area contributed by atoms with Gasteiger partial charge in [-0.3, -0.25) is 0 Å². The zero-order valence-corrected chi connectivity index (χ0v) is 11.3. The standard InChI is InChI=1S/C16H24O2/c1-3-5-6-7-8-9-16(17)14-10-12-15(13-11-14)18-4-2/h3,10-13,16-17H,1,4-9H2,2H3. The molecule has 100 valence electrons. The van der Waals surface area contributed by atoms with Crippen LogP contribution in [-0.4, -0.2) is 11.7 Å². The topological polar surface area (TPSA) is 29.5 Å². The van der Waals surface area contributed by atoms with Crippen molar-refractivity contribution in [3.05, 3.63) is 42.5 Å². The second-order valence-corrected chi connectivity index (χ2v) is 4.44. The molecule has 2 heteroatoms. The number of rotatable bonds is 9. The van der Waals surface area contributed by atoms with Gasteiger partial charge in [0.25, 0.3) is 0 Å². The normalized spacial score (nSPS) is 12.1. The number of benzene rings is 1. The Kier molecular flexibility index (Phi) is 7.19. The van der Waals surface area contributed by atoms with Gasteiger partial charge in [-0.2, -0.15) is 0 Å². The van der Waals surface area contributed by atoms with Crippen LogP contribution in [0.15, 0.2) is 36.9 Å². The van der Waals surface area contributed by atoms with Crippen molar-refractivity contribution < 1.29 is 9.84 Å². The van der Waals surface area contributed by atoms with E-state index in [1.54, 1.807) is 0 Å². The van der Waals surface area contributed by atoms with E-state index in [1.165, 1.54) is 6.42 Å². The quantitative estimate of drug-likeness (QED) is 0.523. The van der Waals surface area contributed by atoms with Crippen LogP contribution < -0.4 is 4.74 Å². The first kappa shape index (κ1) is 14.8. The largest absolute Gasteiger partial charge is 0.494 e. The fraction of sp³-hybridized carbons (Fsp3) is 0.500.